The topological polar surface area (TPSA) is 20.3 Å². The summed E-state index contributed by atoms with van der Waals surface area (Å²) in [5, 5.41) is 0. The van der Waals surface area contributed by atoms with E-state index in [1.54, 1.807) is 0 Å². The maximum absolute atomic E-state index is 10.1. The molecule has 16 heavy (non-hydrogen) atoms. The van der Waals surface area contributed by atoms with Crippen LogP contribution in [0.2, 0.25) is 0 Å². The van der Waals surface area contributed by atoms with Gasteiger partial charge in [-0.15, -0.1) is 0 Å². The minimum Gasteiger partial charge on any atom is -0.345 e. The highest BCUT2D eigenvalue weighted by atomic mass is 16.1. The van der Waals surface area contributed by atoms with Crippen LogP contribution in [0.3, 0.4) is 0 Å². The molecule has 2 nitrogen and oxygen atoms in total. The summed E-state index contributed by atoms with van der Waals surface area (Å²) in [5.41, 5.74) is 1.41. The number of carbonyl (C=O) groups is 1. The quantitative estimate of drug-likeness (QED) is 0.700. The average Bonchev–Trinajstić information content (AvgIpc) is 2.41. The summed E-state index contributed by atoms with van der Waals surface area (Å²) in [6.07, 6.45) is 5.77. The lowest BCUT2D eigenvalue weighted by Gasteiger charge is -2.21. The van der Waals surface area contributed by atoms with Gasteiger partial charge in [0.2, 0.25) is 6.41 Å². The normalized spacial score (nSPS) is 14.9. The van der Waals surface area contributed by atoms with E-state index < -0.39 is 0 Å². The third-order valence-electron chi connectivity index (χ3n) is 2.79. The van der Waals surface area contributed by atoms with Gasteiger partial charge in [-0.1, -0.05) is 37.3 Å². The van der Waals surface area contributed by atoms with Crippen molar-refractivity contribution in [2.45, 2.75) is 32.6 Å². The van der Waals surface area contributed by atoms with Crippen LogP contribution in [0.15, 0.2) is 30.3 Å². The van der Waals surface area contributed by atoms with Crippen molar-refractivity contribution in [3.05, 3.63) is 35.9 Å². The molecule has 88 valence electrons. The standard InChI is InChI=1S/C8H10.C6H11NO/c1-2-8-6-4-3-5-7-8;8-6-7-4-2-1-3-5-7/h3-7H,2H2,1H3;6H,1-5H2. The lowest BCUT2D eigenvalue weighted by atomic mass is 10.1. The molecule has 1 aromatic carbocycles. The Kier molecular flexibility index (Phi) is 6.31. The molecular weight excluding hydrogens is 198 g/mol. The van der Waals surface area contributed by atoms with E-state index in [4.69, 9.17) is 0 Å². The molecule has 0 atom stereocenters. The van der Waals surface area contributed by atoms with Crippen molar-refractivity contribution in [1.29, 1.82) is 0 Å². The molecule has 2 rings (SSSR count). The Morgan fingerprint density at radius 2 is 1.75 bits per heavy atom. The number of amides is 1. The number of benzene rings is 1. The molecule has 2 heteroatoms. The van der Waals surface area contributed by atoms with Crippen molar-refractivity contribution in [2.24, 2.45) is 0 Å². The second kappa shape index (κ2) is 7.91. The molecule has 1 fully saturated rings. The van der Waals surface area contributed by atoms with E-state index >= 15 is 0 Å². The summed E-state index contributed by atoms with van der Waals surface area (Å²) >= 11 is 0. The van der Waals surface area contributed by atoms with E-state index in [2.05, 4.69) is 31.2 Å². The van der Waals surface area contributed by atoms with Crippen LogP contribution in [0.4, 0.5) is 0 Å². The molecule has 1 amide bonds. The smallest absolute Gasteiger partial charge is 0.209 e. The fourth-order valence-electron chi connectivity index (χ4n) is 1.74. The number of nitrogens with zero attached hydrogens (tertiary/aromatic N) is 1. The lowest BCUT2D eigenvalue weighted by Crippen LogP contribution is -2.27. The third-order valence-corrected chi connectivity index (χ3v) is 2.79. The Hall–Kier alpha value is -1.31. The molecule has 1 aromatic rings. The Balaban J connectivity index is 0.000000160. The summed E-state index contributed by atoms with van der Waals surface area (Å²) in [5.74, 6) is 0. The minimum absolute atomic E-state index is 0.944. The van der Waals surface area contributed by atoms with Crippen LogP contribution in [0.25, 0.3) is 0 Å². The second-order valence-electron chi connectivity index (χ2n) is 4.04. The number of carbonyl (C=O) groups excluding carboxylic acids is 1. The second-order valence-corrected chi connectivity index (χ2v) is 4.04. The number of rotatable bonds is 2. The molecule has 0 aromatic heterocycles. The van der Waals surface area contributed by atoms with Gasteiger partial charge in [0.15, 0.2) is 0 Å². The van der Waals surface area contributed by atoms with Gasteiger partial charge in [-0.25, -0.2) is 0 Å². The van der Waals surface area contributed by atoms with Crippen molar-refractivity contribution in [3.8, 4) is 0 Å². The zero-order valence-corrected chi connectivity index (χ0v) is 10.1. The summed E-state index contributed by atoms with van der Waals surface area (Å²) < 4.78 is 0. The fourth-order valence-corrected chi connectivity index (χ4v) is 1.74. The van der Waals surface area contributed by atoms with Gasteiger partial charge in [0.25, 0.3) is 0 Å². The SMILES string of the molecule is CCc1ccccc1.O=CN1CCCCC1. The first-order chi connectivity index (χ1) is 7.86. The highest BCUT2D eigenvalue weighted by Crippen LogP contribution is 2.05. The lowest BCUT2D eigenvalue weighted by molar-refractivity contribution is -0.118. The molecule has 0 saturated carbocycles. The van der Waals surface area contributed by atoms with Crippen molar-refractivity contribution in [2.75, 3.05) is 13.1 Å². The largest absolute Gasteiger partial charge is 0.345 e. The molecule has 0 N–H and O–H groups in total. The van der Waals surface area contributed by atoms with E-state index in [1.165, 1.54) is 24.8 Å². The van der Waals surface area contributed by atoms with Crippen LogP contribution < -0.4 is 0 Å². The monoisotopic (exact) mass is 219 g/mol. The van der Waals surface area contributed by atoms with Gasteiger partial charge < -0.3 is 4.90 Å². The summed E-state index contributed by atoms with van der Waals surface area (Å²) in [7, 11) is 0. The molecule has 0 aliphatic carbocycles. The zero-order valence-electron chi connectivity index (χ0n) is 10.1. The van der Waals surface area contributed by atoms with E-state index in [0.717, 1.165) is 25.9 Å². The van der Waals surface area contributed by atoms with Gasteiger partial charge in [-0.05, 0) is 31.2 Å². The van der Waals surface area contributed by atoms with Crippen LogP contribution in [-0.2, 0) is 11.2 Å². The van der Waals surface area contributed by atoms with E-state index in [9.17, 15) is 4.79 Å². The fraction of sp³-hybridized carbons (Fsp3) is 0.500. The highest BCUT2D eigenvalue weighted by molar-refractivity contribution is 5.46. The molecule has 0 spiro atoms. The Morgan fingerprint density at radius 1 is 1.12 bits per heavy atom. The van der Waals surface area contributed by atoms with E-state index in [1.807, 2.05) is 11.0 Å². The predicted octanol–water partition coefficient (Wildman–Crippen LogP) is 2.88. The maximum Gasteiger partial charge on any atom is 0.209 e. The van der Waals surface area contributed by atoms with Crippen molar-refractivity contribution in [3.63, 3.8) is 0 Å². The highest BCUT2D eigenvalue weighted by Gasteiger charge is 2.05. The first kappa shape index (κ1) is 12.8. The molecule has 0 bridgehead atoms. The Labute approximate surface area is 98.3 Å². The first-order valence-corrected chi connectivity index (χ1v) is 6.10. The van der Waals surface area contributed by atoms with Crippen molar-refractivity contribution < 1.29 is 4.79 Å². The average molecular weight is 219 g/mol. The van der Waals surface area contributed by atoms with Crippen molar-refractivity contribution in [1.82, 2.24) is 4.90 Å². The van der Waals surface area contributed by atoms with Gasteiger partial charge in [0.1, 0.15) is 0 Å². The number of aryl methyl sites for hydroxylation is 1. The molecule has 1 aliphatic rings. The number of piperidine rings is 1. The molecule has 0 radical (unpaired) electrons. The van der Waals surface area contributed by atoms with Crippen LogP contribution in [-0.4, -0.2) is 24.4 Å². The predicted molar refractivity (Wildman–Crippen MR) is 67.3 cm³/mol. The summed E-state index contributed by atoms with van der Waals surface area (Å²) in [6, 6.07) is 10.5. The zero-order chi connectivity index (χ0) is 11.6. The Morgan fingerprint density at radius 3 is 2.12 bits per heavy atom. The van der Waals surface area contributed by atoms with Gasteiger partial charge in [0.05, 0.1) is 0 Å². The maximum atomic E-state index is 10.1. The summed E-state index contributed by atoms with van der Waals surface area (Å²) in [4.78, 5) is 11.9. The Bertz CT molecular complexity index is 278. The van der Waals surface area contributed by atoms with E-state index in [0.29, 0.717) is 0 Å². The first-order valence-electron chi connectivity index (χ1n) is 6.10. The summed E-state index contributed by atoms with van der Waals surface area (Å²) in [6.45, 7) is 4.11. The van der Waals surface area contributed by atoms with Gasteiger partial charge in [-0.2, -0.15) is 0 Å². The molecule has 1 saturated heterocycles. The molecular formula is C14H21NO. The van der Waals surface area contributed by atoms with Crippen LogP contribution in [0, 0.1) is 0 Å². The molecule has 1 heterocycles. The van der Waals surface area contributed by atoms with Crippen LogP contribution >= 0.6 is 0 Å². The molecule has 1 aliphatic heterocycles. The van der Waals surface area contributed by atoms with E-state index in [-0.39, 0.29) is 0 Å². The molecule has 0 unspecified atom stereocenters. The minimum atomic E-state index is 0.944. The number of hydrogen-bond donors (Lipinski definition) is 0. The third kappa shape index (κ3) is 4.96. The van der Waals surface area contributed by atoms with Gasteiger partial charge in [-0.3, -0.25) is 4.79 Å². The number of hydrogen-bond acceptors (Lipinski definition) is 1. The van der Waals surface area contributed by atoms with Crippen LogP contribution in [0.5, 0.6) is 0 Å². The van der Waals surface area contributed by atoms with Crippen LogP contribution in [0.1, 0.15) is 31.7 Å². The van der Waals surface area contributed by atoms with Gasteiger partial charge >= 0.3 is 0 Å². The number of likely N-dealkylation sites (tertiary alicyclic amines) is 1. The van der Waals surface area contributed by atoms with Gasteiger partial charge in [0, 0.05) is 13.1 Å². The van der Waals surface area contributed by atoms with Crippen molar-refractivity contribution >= 4 is 6.41 Å².